The van der Waals surface area contributed by atoms with Gasteiger partial charge in [-0.2, -0.15) is 0 Å². The van der Waals surface area contributed by atoms with Crippen LogP contribution in [0.1, 0.15) is 40.5 Å². The Kier molecular flexibility index (Phi) is 12.5. The van der Waals surface area contributed by atoms with Crippen LogP contribution in [0.4, 0.5) is 0 Å². The molecule has 13 heteroatoms. The van der Waals surface area contributed by atoms with Crippen LogP contribution in [0.25, 0.3) is 0 Å². The van der Waals surface area contributed by atoms with Crippen molar-refractivity contribution < 1.29 is 61.8 Å². The van der Waals surface area contributed by atoms with Crippen LogP contribution >= 0.6 is 0 Å². The van der Waals surface area contributed by atoms with Crippen molar-refractivity contribution in [3.63, 3.8) is 0 Å². The van der Waals surface area contributed by atoms with Gasteiger partial charge in [0, 0.05) is 27.1 Å². The third-order valence-electron chi connectivity index (χ3n) is 5.79. The van der Waals surface area contributed by atoms with Gasteiger partial charge in [0.1, 0.15) is 0 Å². The first-order chi connectivity index (χ1) is 18.7. The van der Waals surface area contributed by atoms with E-state index in [4.69, 9.17) is 42.6 Å². The Hall–Kier alpha value is -2.84. The number of ether oxygens (including phenoxy) is 9. The molecule has 0 aliphatic carbocycles. The smallest absolute Gasteiger partial charge is 0.350 e. The Balaban J connectivity index is 2.24. The van der Waals surface area contributed by atoms with E-state index in [0.29, 0.717) is 11.1 Å². The summed E-state index contributed by atoms with van der Waals surface area (Å²) >= 11 is 0. The zero-order valence-corrected chi connectivity index (χ0v) is 23.3. The Bertz CT molecular complexity index is 828. The molecule has 0 amide bonds. The standard InChI is InChI=1S/C26H38O13/c1-7-34-21(27)25(22(28)35-8-2)13-17(11-19(31-5)38-25)15-33-16-18-12-20(32-6)39-26(14-18,23(29)36-9-3)24(30)37-10-4/h11-12,19-20H,7-10,13-16H2,1-6H3/t19-,20-/m0/s1. The summed E-state index contributed by atoms with van der Waals surface area (Å²) in [5, 5.41) is 0. The lowest BCUT2D eigenvalue weighted by molar-refractivity contribution is -0.221. The molecule has 2 aliphatic rings. The van der Waals surface area contributed by atoms with E-state index in [1.807, 2.05) is 0 Å². The molecule has 0 saturated heterocycles. The van der Waals surface area contributed by atoms with E-state index >= 15 is 0 Å². The first kappa shape index (κ1) is 32.4. The van der Waals surface area contributed by atoms with Gasteiger partial charge >= 0.3 is 23.9 Å². The van der Waals surface area contributed by atoms with Crippen molar-refractivity contribution in [2.45, 2.75) is 64.3 Å². The zero-order chi connectivity index (χ0) is 29.1. The SMILES string of the molecule is CCOC(=O)C1(C(=O)OCC)CC(COCC2=C[C@@H](OC)OC(C(=O)OCC)(C(=O)OCC)C2)=C[C@@H](OC)O1. The first-order valence-electron chi connectivity index (χ1n) is 12.7. The molecule has 13 nitrogen and oxygen atoms in total. The number of carbonyl (C=O) groups excluding carboxylic acids is 4. The molecular formula is C26H38O13. The molecule has 0 aromatic heterocycles. The molecule has 0 saturated carbocycles. The Morgan fingerprint density at radius 3 is 1.23 bits per heavy atom. The molecule has 2 aliphatic heterocycles. The van der Waals surface area contributed by atoms with Crippen molar-refractivity contribution in [2.24, 2.45) is 0 Å². The molecule has 0 aromatic rings. The van der Waals surface area contributed by atoms with Crippen molar-refractivity contribution in [1.82, 2.24) is 0 Å². The Morgan fingerprint density at radius 1 is 0.667 bits per heavy atom. The predicted molar refractivity (Wildman–Crippen MR) is 132 cm³/mol. The van der Waals surface area contributed by atoms with Crippen LogP contribution in [0.3, 0.4) is 0 Å². The molecule has 2 heterocycles. The topological polar surface area (TPSA) is 151 Å². The van der Waals surface area contributed by atoms with Gasteiger partial charge in [-0.3, -0.25) is 0 Å². The van der Waals surface area contributed by atoms with Crippen LogP contribution in [0.15, 0.2) is 23.3 Å². The van der Waals surface area contributed by atoms with Gasteiger partial charge in [-0.1, -0.05) is 0 Å². The van der Waals surface area contributed by atoms with Crippen LogP contribution < -0.4 is 0 Å². The number of hydrogen-bond acceptors (Lipinski definition) is 13. The molecule has 0 spiro atoms. The van der Waals surface area contributed by atoms with Crippen molar-refractivity contribution in [2.75, 3.05) is 53.9 Å². The van der Waals surface area contributed by atoms with E-state index in [9.17, 15) is 19.2 Å². The second-order valence-corrected chi connectivity index (χ2v) is 8.48. The lowest BCUT2D eigenvalue weighted by atomic mass is 9.91. The maximum Gasteiger partial charge on any atom is 0.350 e. The van der Waals surface area contributed by atoms with Crippen LogP contribution in [0.5, 0.6) is 0 Å². The normalized spacial score (nSPS) is 21.7. The Morgan fingerprint density at radius 2 is 0.974 bits per heavy atom. The van der Waals surface area contributed by atoms with Gasteiger partial charge in [-0.25, -0.2) is 19.2 Å². The number of rotatable bonds is 14. The van der Waals surface area contributed by atoms with Crippen molar-refractivity contribution >= 4 is 23.9 Å². The molecular weight excluding hydrogens is 520 g/mol. The highest BCUT2D eigenvalue weighted by molar-refractivity contribution is 6.05. The van der Waals surface area contributed by atoms with Gasteiger partial charge < -0.3 is 42.6 Å². The molecule has 0 bridgehead atoms. The largest absolute Gasteiger partial charge is 0.463 e. The second kappa shape index (κ2) is 15.1. The lowest BCUT2D eigenvalue weighted by Gasteiger charge is -2.36. The van der Waals surface area contributed by atoms with E-state index in [1.54, 1.807) is 39.8 Å². The van der Waals surface area contributed by atoms with Crippen LogP contribution in [0.2, 0.25) is 0 Å². The highest BCUT2D eigenvalue weighted by Crippen LogP contribution is 2.34. The summed E-state index contributed by atoms with van der Waals surface area (Å²) < 4.78 is 48.2. The average molecular weight is 559 g/mol. The van der Waals surface area contributed by atoms with Gasteiger partial charge in [0.2, 0.25) is 0 Å². The quantitative estimate of drug-likeness (QED) is 0.131. The molecule has 2 rings (SSSR count). The average Bonchev–Trinajstić information content (AvgIpc) is 2.92. The molecule has 0 fully saturated rings. The third kappa shape index (κ3) is 7.63. The number of methoxy groups -OCH3 is 2. The molecule has 220 valence electrons. The summed E-state index contributed by atoms with van der Waals surface area (Å²) in [6.45, 7) is 6.42. The second-order valence-electron chi connectivity index (χ2n) is 8.48. The highest BCUT2D eigenvalue weighted by Gasteiger charge is 2.55. The van der Waals surface area contributed by atoms with Crippen molar-refractivity contribution in [3.05, 3.63) is 23.3 Å². The monoisotopic (exact) mass is 558 g/mol. The molecule has 0 N–H and O–H groups in total. The predicted octanol–water partition coefficient (Wildman–Crippen LogP) is 1.37. The van der Waals surface area contributed by atoms with Gasteiger partial charge in [-0.15, -0.1) is 0 Å². The van der Waals surface area contributed by atoms with Gasteiger partial charge in [0.05, 0.1) is 39.6 Å². The van der Waals surface area contributed by atoms with Crippen LogP contribution in [-0.2, 0) is 61.8 Å². The van der Waals surface area contributed by atoms with E-state index in [0.717, 1.165) is 0 Å². The van der Waals surface area contributed by atoms with Gasteiger partial charge in [0.15, 0.2) is 12.6 Å². The maximum absolute atomic E-state index is 12.8. The fourth-order valence-corrected chi connectivity index (χ4v) is 4.07. The fraction of sp³-hybridized carbons (Fsp3) is 0.692. The summed E-state index contributed by atoms with van der Waals surface area (Å²) in [7, 11) is 2.71. The minimum Gasteiger partial charge on any atom is -0.463 e. The van der Waals surface area contributed by atoms with Gasteiger partial charge in [-0.05, 0) is 51.0 Å². The summed E-state index contributed by atoms with van der Waals surface area (Å²) in [5.41, 5.74) is -3.12. The fourth-order valence-electron chi connectivity index (χ4n) is 4.07. The summed E-state index contributed by atoms with van der Waals surface area (Å²) in [6.07, 6.45) is 0.674. The van der Waals surface area contributed by atoms with Crippen molar-refractivity contribution in [3.8, 4) is 0 Å². The van der Waals surface area contributed by atoms with Crippen LogP contribution in [-0.4, -0.2) is 102 Å². The highest BCUT2D eigenvalue weighted by atomic mass is 16.7. The number of esters is 4. The summed E-state index contributed by atoms with van der Waals surface area (Å²) in [4.78, 5) is 51.4. The Labute approximate surface area is 227 Å². The first-order valence-corrected chi connectivity index (χ1v) is 12.7. The third-order valence-corrected chi connectivity index (χ3v) is 5.79. The lowest BCUT2D eigenvalue weighted by Crippen LogP contribution is -2.55. The zero-order valence-electron chi connectivity index (χ0n) is 23.3. The number of hydrogen-bond donors (Lipinski definition) is 0. The van der Waals surface area contributed by atoms with E-state index in [2.05, 4.69) is 0 Å². The summed E-state index contributed by atoms with van der Waals surface area (Å²) in [5.74, 6) is -3.61. The molecule has 0 unspecified atom stereocenters. The molecule has 0 aromatic carbocycles. The van der Waals surface area contributed by atoms with Crippen molar-refractivity contribution in [1.29, 1.82) is 0 Å². The van der Waals surface area contributed by atoms with Crippen LogP contribution in [0, 0.1) is 0 Å². The van der Waals surface area contributed by atoms with Gasteiger partial charge in [0.25, 0.3) is 11.2 Å². The maximum atomic E-state index is 12.8. The van der Waals surface area contributed by atoms with E-state index in [1.165, 1.54) is 14.2 Å². The van der Waals surface area contributed by atoms with E-state index in [-0.39, 0.29) is 52.5 Å². The molecule has 0 radical (unpaired) electrons. The number of carbonyl (C=O) groups is 4. The molecule has 2 atom stereocenters. The minimum atomic E-state index is -2.07. The minimum absolute atomic E-state index is 0.0239. The van der Waals surface area contributed by atoms with E-state index < -0.39 is 47.7 Å². The summed E-state index contributed by atoms with van der Waals surface area (Å²) in [6, 6.07) is 0. The molecule has 39 heavy (non-hydrogen) atoms.